The van der Waals surface area contributed by atoms with E-state index in [9.17, 15) is 4.39 Å². The van der Waals surface area contributed by atoms with E-state index in [4.69, 9.17) is 9.72 Å². The van der Waals surface area contributed by atoms with Crippen LogP contribution in [0.4, 0.5) is 4.39 Å². The predicted octanol–water partition coefficient (Wildman–Crippen LogP) is 5.02. The van der Waals surface area contributed by atoms with Crippen molar-refractivity contribution in [3.05, 3.63) is 95.6 Å². The minimum Gasteiger partial charge on any atom is -0.497 e. The van der Waals surface area contributed by atoms with Crippen LogP contribution in [0, 0.1) is 5.82 Å². The highest BCUT2D eigenvalue weighted by atomic mass is 19.1. The molecule has 0 radical (unpaired) electrons. The van der Waals surface area contributed by atoms with Gasteiger partial charge >= 0.3 is 0 Å². The summed E-state index contributed by atoms with van der Waals surface area (Å²) in [6.45, 7) is 0.458. The predicted molar refractivity (Wildman–Crippen MR) is 106 cm³/mol. The van der Waals surface area contributed by atoms with Crippen molar-refractivity contribution >= 4 is 11.0 Å². The maximum absolute atomic E-state index is 14.2. The molecular formula is C23H21FN2O. The second-order valence-corrected chi connectivity index (χ2v) is 6.55. The molecule has 0 amide bonds. The second-order valence-electron chi connectivity index (χ2n) is 6.55. The van der Waals surface area contributed by atoms with Gasteiger partial charge in [0.15, 0.2) is 0 Å². The molecule has 0 spiro atoms. The molecule has 27 heavy (non-hydrogen) atoms. The molecule has 0 N–H and O–H groups in total. The Hall–Kier alpha value is -3.14. The van der Waals surface area contributed by atoms with Crippen LogP contribution in [0.1, 0.15) is 17.0 Å². The van der Waals surface area contributed by atoms with E-state index in [2.05, 4.69) is 16.7 Å². The number of hydrogen-bond donors (Lipinski definition) is 0. The first-order valence-corrected chi connectivity index (χ1v) is 9.05. The average molecular weight is 360 g/mol. The minimum atomic E-state index is -0.193. The molecule has 4 heteroatoms. The monoisotopic (exact) mass is 360 g/mol. The van der Waals surface area contributed by atoms with E-state index in [-0.39, 0.29) is 5.82 Å². The van der Waals surface area contributed by atoms with Crippen LogP contribution in [0.3, 0.4) is 0 Å². The molecule has 0 aliphatic rings. The topological polar surface area (TPSA) is 27.1 Å². The van der Waals surface area contributed by atoms with Crippen molar-refractivity contribution in [3.63, 3.8) is 0 Å². The number of benzene rings is 3. The lowest BCUT2D eigenvalue weighted by Crippen LogP contribution is -2.08. The lowest BCUT2D eigenvalue weighted by molar-refractivity contribution is 0.415. The van der Waals surface area contributed by atoms with Gasteiger partial charge in [-0.05, 0) is 30.2 Å². The van der Waals surface area contributed by atoms with E-state index >= 15 is 0 Å². The fourth-order valence-corrected chi connectivity index (χ4v) is 3.35. The fourth-order valence-electron chi connectivity index (χ4n) is 3.35. The summed E-state index contributed by atoms with van der Waals surface area (Å²) in [6, 6.07) is 23.1. The highest BCUT2D eigenvalue weighted by molar-refractivity contribution is 5.78. The molecule has 1 aromatic heterocycles. The number of aryl methyl sites for hydroxylation is 2. The third kappa shape index (κ3) is 3.70. The molecule has 0 aliphatic carbocycles. The van der Waals surface area contributed by atoms with Gasteiger partial charge in [-0.15, -0.1) is 0 Å². The zero-order valence-electron chi connectivity index (χ0n) is 15.2. The lowest BCUT2D eigenvalue weighted by Gasteiger charge is -2.11. The Kier molecular flexibility index (Phi) is 4.88. The summed E-state index contributed by atoms with van der Waals surface area (Å²) in [5.74, 6) is 1.53. The first-order valence-electron chi connectivity index (χ1n) is 9.05. The Bertz CT molecular complexity index is 1060. The van der Waals surface area contributed by atoms with Gasteiger partial charge in [0.2, 0.25) is 0 Å². The molecule has 4 aromatic rings. The Balaban J connectivity index is 1.72. The standard InChI is InChI=1S/C23H21FN2O/c1-27-19-12-13-22-21(15-19)25-23(14-11-17-7-3-2-4-8-17)26(22)16-18-9-5-6-10-20(18)24/h2-10,12-13,15H,11,14,16H2,1H3. The van der Waals surface area contributed by atoms with Crippen molar-refractivity contribution in [2.75, 3.05) is 7.11 Å². The average Bonchev–Trinajstić information content (AvgIpc) is 3.05. The van der Waals surface area contributed by atoms with E-state index in [1.54, 1.807) is 13.2 Å². The Morgan fingerprint density at radius 2 is 1.70 bits per heavy atom. The van der Waals surface area contributed by atoms with E-state index in [1.807, 2.05) is 48.5 Å². The number of imidazole rings is 1. The quantitative estimate of drug-likeness (QED) is 0.483. The van der Waals surface area contributed by atoms with Crippen LogP contribution in [0.25, 0.3) is 11.0 Å². The van der Waals surface area contributed by atoms with Crippen molar-refractivity contribution in [3.8, 4) is 5.75 Å². The number of ether oxygens (including phenoxy) is 1. The normalized spacial score (nSPS) is 11.0. The molecule has 1 heterocycles. The highest BCUT2D eigenvalue weighted by Gasteiger charge is 2.13. The second kappa shape index (κ2) is 7.62. The first-order chi connectivity index (χ1) is 13.2. The third-order valence-electron chi connectivity index (χ3n) is 4.80. The molecule has 0 saturated carbocycles. The molecular weight excluding hydrogens is 339 g/mol. The summed E-state index contributed by atoms with van der Waals surface area (Å²) in [5, 5.41) is 0. The number of hydrogen-bond acceptors (Lipinski definition) is 2. The summed E-state index contributed by atoms with van der Waals surface area (Å²) in [5.41, 5.74) is 3.78. The van der Waals surface area contributed by atoms with E-state index in [1.165, 1.54) is 11.6 Å². The zero-order chi connectivity index (χ0) is 18.6. The van der Waals surface area contributed by atoms with Crippen molar-refractivity contribution in [1.82, 2.24) is 9.55 Å². The van der Waals surface area contributed by atoms with Gasteiger partial charge in [0, 0.05) is 18.1 Å². The molecule has 3 aromatic carbocycles. The van der Waals surface area contributed by atoms with Crippen LogP contribution in [-0.4, -0.2) is 16.7 Å². The smallest absolute Gasteiger partial charge is 0.128 e. The molecule has 0 atom stereocenters. The van der Waals surface area contributed by atoms with Gasteiger partial charge in [0.1, 0.15) is 17.4 Å². The maximum atomic E-state index is 14.2. The number of aromatic nitrogens is 2. The molecule has 136 valence electrons. The summed E-state index contributed by atoms with van der Waals surface area (Å²) < 4.78 is 21.7. The summed E-state index contributed by atoms with van der Waals surface area (Å²) in [6.07, 6.45) is 1.67. The number of methoxy groups -OCH3 is 1. The van der Waals surface area contributed by atoms with Gasteiger partial charge in [-0.25, -0.2) is 9.37 Å². The van der Waals surface area contributed by atoms with Crippen molar-refractivity contribution in [2.45, 2.75) is 19.4 Å². The number of halogens is 1. The van der Waals surface area contributed by atoms with E-state index in [0.29, 0.717) is 12.1 Å². The lowest BCUT2D eigenvalue weighted by atomic mass is 10.1. The van der Waals surface area contributed by atoms with Gasteiger partial charge in [-0.3, -0.25) is 0 Å². The van der Waals surface area contributed by atoms with Crippen molar-refractivity contribution in [2.24, 2.45) is 0 Å². The van der Waals surface area contributed by atoms with Crippen LogP contribution < -0.4 is 4.74 Å². The third-order valence-corrected chi connectivity index (χ3v) is 4.80. The van der Waals surface area contributed by atoms with E-state index in [0.717, 1.165) is 35.4 Å². The Labute approximate surface area is 158 Å². The van der Waals surface area contributed by atoms with Crippen LogP contribution in [0.5, 0.6) is 5.75 Å². The maximum Gasteiger partial charge on any atom is 0.128 e. The van der Waals surface area contributed by atoms with Gasteiger partial charge in [-0.1, -0.05) is 48.5 Å². The first kappa shape index (κ1) is 17.3. The SMILES string of the molecule is COc1ccc2c(c1)nc(CCc1ccccc1)n2Cc1ccccc1F. The molecule has 3 nitrogen and oxygen atoms in total. The van der Waals surface area contributed by atoms with Gasteiger partial charge < -0.3 is 9.30 Å². The highest BCUT2D eigenvalue weighted by Crippen LogP contribution is 2.24. The summed E-state index contributed by atoms with van der Waals surface area (Å²) in [7, 11) is 1.65. The Morgan fingerprint density at radius 1 is 0.926 bits per heavy atom. The van der Waals surface area contributed by atoms with Crippen LogP contribution in [-0.2, 0) is 19.4 Å². The summed E-state index contributed by atoms with van der Waals surface area (Å²) >= 11 is 0. The van der Waals surface area contributed by atoms with Crippen LogP contribution in [0.15, 0.2) is 72.8 Å². The van der Waals surface area contributed by atoms with Gasteiger partial charge in [0.25, 0.3) is 0 Å². The molecule has 0 fully saturated rings. The van der Waals surface area contributed by atoms with Crippen LogP contribution in [0.2, 0.25) is 0 Å². The van der Waals surface area contributed by atoms with E-state index < -0.39 is 0 Å². The Morgan fingerprint density at radius 3 is 2.48 bits per heavy atom. The van der Waals surface area contributed by atoms with Crippen molar-refractivity contribution in [1.29, 1.82) is 0 Å². The number of rotatable bonds is 6. The fraction of sp³-hybridized carbons (Fsp3) is 0.174. The van der Waals surface area contributed by atoms with Crippen LogP contribution >= 0.6 is 0 Å². The van der Waals surface area contributed by atoms with Gasteiger partial charge in [0.05, 0.1) is 24.7 Å². The molecule has 0 saturated heterocycles. The zero-order valence-corrected chi connectivity index (χ0v) is 15.2. The number of nitrogens with zero attached hydrogens (tertiary/aromatic N) is 2. The molecule has 0 unspecified atom stereocenters. The summed E-state index contributed by atoms with van der Waals surface area (Å²) in [4.78, 5) is 4.82. The molecule has 0 bridgehead atoms. The minimum absolute atomic E-state index is 0.193. The largest absolute Gasteiger partial charge is 0.497 e. The van der Waals surface area contributed by atoms with Gasteiger partial charge in [-0.2, -0.15) is 0 Å². The van der Waals surface area contributed by atoms with Crippen molar-refractivity contribution < 1.29 is 9.13 Å². The molecule has 0 aliphatic heterocycles. The molecule has 4 rings (SSSR count). The number of fused-ring (bicyclic) bond motifs is 1.